The number of piperazine rings is 1. The van der Waals surface area contributed by atoms with E-state index in [0.717, 1.165) is 53.8 Å². The molecule has 5 atom stereocenters. The van der Waals surface area contributed by atoms with Crippen molar-refractivity contribution in [1.82, 2.24) is 20.0 Å². The maximum Gasteiger partial charge on any atom is 0.263 e. The van der Waals surface area contributed by atoms with Gasteiger partial charge in [0.05, 0.1) is 12.1 Å². The minimum atomic E-state index is -0.418. The Hall–Kier alpha value is -2.26. The van der Waals surface area contributed by atoms with E-state index in [1.165, 1.54) is 17.3 Å². The van der Waals surface area contributed by atoms with E-state index in [1.807, 2.05) is 28.0 Å². The fourth-order valence-corrected chi connectivity index (χ4v) is 9.01. The quantitative estimate of drug-likeness (QED) is 0.393. The number of rotatable bonds is 6. The molecule has 2 fully saturated rings. The summed E-state index contributed by atoms with van der Waals surface area (Å²) in [5.74, 6) is 0.383. The molecule has 6 rings (SSSR count). The van der Waals surface area contributed by atoms with Crippen molar-refractivity contribution in [1.29, 1.82) is 0 Å². The van der Waals surface area contributed by atoms with E-state index in [4.69, 9.17) is 28.2 Å². The van der Waals surface area contributed by atoms with Crippen molar-refractivity contribution in [2.24, 2.45) is 16.8 Å². The van der Waals surface area contributed by atoms with Crippen LogP contribution in [0, 0.1) is 11.8 Å². The molecule has 0 spiro atoms. The van der Waals surface area contributed by atoms with E-state index in [-0.39, 0.29) is 41.8 Å². The number of carbonyl (C=O) groups is 2. The number of benzene rings is 1. The van der Waals surface area contributed by atoms with Gasteiger partial charge in [-0.2, -0.15) is 0 Å². The molecule has 4 heterocycles. The van der Waals surface area contributed by atoms with Crippen LogP contribution >= 0.6 is 35.0 Å². The summed E-state index contributed by atoms with van der Waals surface area (Å²) in [5.41, 5.74) is 3.34. The third kappa shape index (κ3) is 5.69. The third-order valence-corrected chi connectivity index (χ3v) is 11.1. The number of amidine groups is 1. The zero-order valence-electron chi connectivity index (χ0n) is 25.4. The van der Waals surface area contributed by atoms with Crippen LogP contribution in [0.4, 0.5) is 0 Å². The predicted molar refractivity (Wildman–Crippen MR) is 176 cm³/mol. The van der Waals surface area contributed by atoms with Crippen LogP contribution in [0.1, 0.15) is 65.0 Å². The zero-order valence-corrected chi connectivity index (χ0v) is 27.7. The molecule has 1 N–H and O–H groups in total. The first-order valence-electron chi connectivity index (χ1n) is 15.6. The van der Waals surface area contributed by atoms with Crippen LogP contribution in [0.5, 0.6) is 0 Å². The number of nitrogens with one attached hydrogen (secondary N) is 1. The number of carbonyl (C=O) groups excluding carboxylic acids is 2. The molecule has 1 aliphatic carbocycles. The average Bonchev–Trinajstić information content (AvgIpc) is 3.69. The third-order valence-electron chi connectivity index (χ3n) is 9.46. The smallest absolute Gasteiger partial charge is 0.263 e. The van der Waals surface area contributed by atoms with Gasteiger partial charge in [0, 0.05) is 48.0 Å². The number of allylic oxidation sites excluding steroid dienone is 4. The van der Waals surface area contributed by atoms with Gasteiger partial charge in [0.2, 0.25) is 5.91 Å². The Morgan fingerprint density at radius 2 is 1.81 bits per heavy atom. The minimum Gasteiger partial charge on any atom is -0.338 e. The number of fused-ring (bicyclic) bond motifs is 1. The molecule has 5 aliphatic rings. The van der Waals surface area contributed by atoms with Gasteiger partial charge in [0.15, 0.2) is 5.17 Å². The Bertz CT molecular complexity index is 1400. The molecule has 1 aromatic carbocycles. The zero-order chi connectivity index (χ0) is 30.4. The molecule has 2 amide bonds. The van der Waals surface area contributed by atoms with Gasteiger partial charge in [0.1, 0.15) is 10.9 Å². The highest BCUT2D eigenvalue weighted by molar-refractivity contribution is 8.18. The van der Waals surface area contributed by atoms with Gasteiger partial charge < -0.3 is 20.0 Å². The molecule has 0 saturated carbocycles. The number of thioether (sulfide) groups is 1. The van der Waals surface area contributed by atoms with Crippen LogP contribution in [0.3, 0.4) is 0 Å². The van der Waals surface area contributed by atoms with E-state index in [0.29, 0.717) is 29.4 Å². The Kier molecular flexibility index (Phi) is 9.03. The standard InChI is InChI=1S/C33H41Cl2N5O2S/c1-5-24-11-13-26(31(41)38-16-14-36-15-17-38)39(24)32(42)30-28(19(2)3)40-29(21-6-8-22(34)9-7-21)27(37-33(40)43-30)25-12-10-23(35)18-20(25)4/h6-10,12,19-20,24,26-27,29,36H,5,11,13-18H2,1-4H3/t20?,24-,26?,27+,29-/m1/s1. The van der Waals surface area contributed by atoms with E-state index in [2.05, 4.69) is 56.1 Å². The second kappa shape index (κ2) is 12.6. The van der Waals surface area contributed by atoms with E-state index in [9.17, 15) is 9.59 Å². The number of halogens is 2. The molecule has 230 valence electrons. The predicted octanol–water partition coefficient (Wildman–Crippen LogP) is 6.33. The number of amides is 2. The fraction of sp³-hybridized carbons (Fsp3) is 0.545. The summed E-state index contributed by atoms with van der Waals surface area (Å²) in [6.07, 6.45) is 7.31. The van der Waals surface area contributed by atoms with Crippen molar-refractivity contribution < 1.29 is 9.59 Å². The molecule has 10 heteroatoms. The largest absolute Gasteiger partial charge is 0.338 e. The molecule has 0 bridgehead atoms. The van der Waals surface area contributed by atoms with Crippen LogP contribution in [-0.2, 0) is 9.59 Å². The fourth-order valence-electron chi connectivity index (χ4n) is 7.30. The summed E-state index contributed by atoms with van der Waals surface area (Å²) in [4.78, 5) is 40.6. The normalized spacial score (nSPS) is 29.2. The van der Waals surface area contributed by atoms with Crippen molar-refractivity contribution in [2.75, 3.05) is 26.2 Å². The second-order valence-corrected chi connectivity index (χ2v) is 14.4. The number of hydrogen-bond acceptors (Lipinski definition) is 6. The number of hydrogen-bond donors (Lipinski definition) is 1. The van der Waals surface area contributed by atoms with Gasteiger partial charge in [-0.1, -0.05) is 69.1 Å². The van der Waals surface area contributed by atoms with Gasteiger partial charge in [0.25, 0.3) is 5.91 Å². The molecule has 2 unspecified atom stereocenters. The van der Waals surface area contributed by atoms with Gasteiger partial charge in [-0.25, -0.2) is 0 Å². The van der Waals surface area contributed by atoms with Crippen LogP contribution in [0.15, 0.2) is 62.6 Å². The molecular weight excluding hydrogens is 601 g/mol. The summed E-state index contributed by atoms with van der Waals surface area (Å²) in [7, 11) is 0. The van der Waals surface area contributed by atoms with Crippen molar-refractivity contribution in [3.8, 4) is 0 Å². The van der Waals surface area contributed by atoms with E-state index < -0.39 is 6.04 Å². The van der Waals surface area contributed by atoms with Crippen LogP contribution < -0.4 is 5.32 Å². The molecule has 43 heavy (non-hydrogen) atoms. The first-order valence-corrected chi connectivity index (χ1v) is 17.2. The van der Waals surface area contributed by atoms with Crippen molar-refractivity contribution in [3.05, 3.63) is 68.2 Å². The first-order chi connectivity index (χ1) is 20.7. The Morgan fingerprint density at radius 1 is 1.09 bits per heavy atom. The van der Waals surface area contributed by atoms with Gasteiger partial charge in [-0.15, -0.1) is 0 Å². The van der Waals surface area contributed by atoms with E-state index >= 15 is 0 Å². The molecule has 7 nitrogen and oxygen atoms in total. The first kappa shape index (κ1) is 30.8. The molecular formula is C33H41Cl2N5O2S. The van der Waals surface area contributed by atoms with Crippen molar-refractivity contribution in [2.45, 2.75) is 77.5 Å². The molecule has 1 aromatic rings. The average molecular weight is 643 g/mol. The Labute approximate surface area is 269 Å². The highest BCUT2D eigenvalue weighted by atomic mass is 35.5. The monoisotopic (exact) mass is 641 g/mol. The SMILES string of the molecule is CC[C@@H]1CCC(C(=O)N2CCNCC2)N1C(=O)C1=C(C(C)C)N2C(=N[C@@H](C3=CC=C(Cl)CC3C)[C@H]2c2ccc(Cl)cc2)S1. The van der Waals surface area contributed by atoms with Crippen LogP contribution in [-0.4, -0.2) is 76.0 Å². The Balaban J connectivity index is 1.39. The lowest BCUT2D eigenvalue weighted by Gasteiger charge is -2.36. The molecule has 0 radical (unpaired) electrons. The van der Waals surface area contributed by atoms with Gasteiger partial charge >= 0.3 is 0 Å². The maximum atomic E-state index is 14.7. The molecule has 4 aliphatic heterocycles. The highest BCUT2D eigenvalue weighted by Gasteiger charge is 2.51. The lowest BCUT2D eigenvalue weighted by atomic mass is 9.83. The second-order valence-electron chi connectivity index (χ2n) is 12.5. The highest BCUT2D eigenvalue weighted by Crippen LogP contribution is 2.52. The minimum absolute atomic E-state index is 0.0324. The molecule has 0 aromatic heterocycles. The van der Waals surface area contributed by atoms with Gasteiger partial charge in [-0.05, 0) is 78.6 Å². The number of likely N-dealkylation sites (tertiary alicyclic amines) is 1. The van der Waals surface area contributed by atoms with Crippen molar-refractivity contribution >= 4 is 51.9 Å². The maximum absolute atomic E-state index is 14.7. The van der Waals surface area contributed by atoms with Crippen LogP contribution in [0.2, 0.25) is 5.02 Å². The van der Waals surface area contributed by atoms with Crippen LogP contribution in [0.25, 0.3) is 0 Å². The molecule has 2 saturated heterocycles. The number of nitrogens with zero attached hydrogens (tertiary/aromatic N) is 4. The topological polar surface area (TPSA) is 68.2 Å². The summed E-state index contributed by atoms with van der Waals surface area (Å²) in [5, 5.41) is 5.72. The Morgan fingerprint density at radius 3 is 2.47 bits per heavy atom. The summed E-state index contributed by atoms with van der Waals surface area (Å²) >= 11 is 14.2. The lowest BCUT2D eigenvalue weighted by molar-refractivity contribution is -0.143. The van der Waals surface area contributed by atoms with Gasteiger partial charge in [-0.3, -0.25) is 14.6 Å². The summed E-state index contributed by atoms with van der Waals surface area (Å²) in [6.45, 7) is 11.6. The van der Waals surface area contributed by atoms with E-state index in [1.54, 1.807) is 0 Å². The summed E-state index contributed by atoms with van der Waals surface area (Å²) in [6, 6.07) is 7.42. The number of aliphatic imine (C=N–C) groups is 1. The summed E-state index contributed by atoms with van der Waals surface area (Å²) < 4.78 is 0. The van der Waals surface area contributed by atoms with Crippen molar-refractivity contribution in [3.63, 3.8) is 0 Å². The lowest BCUT2D eigenvalue weighted by Crippen LogP contribution is -2.54.